The highest BCUT2D eigenvalue weighted by atomic mass is 31.2. The largest absolute Gasteiger partial charge is 0.472 e. The summed E-state index contributed by atoms with van der Waals surface area (Å²) in [6, 6.07) is 0. The molecular weight excluding hydrogens is 1100 g/mol. The van der Waals surface area contributed by atoms with Crippen LogP contribution in [0.2, 0.25) is 0 Å². The number of allylic oxidation sites excluding steroid dienone is 30. The molecule has 0 amide bonds. The first-order valence-corrected chi connectivity index (χ1v) is 35.8. The van der Waals surface area contributed by atoms with Crippen LogP contribution in [0, 0.1) is 0 Å². The average Bonchev–Trinajstić information content (AvgIpc) is 3.64. The van der Waals surface area contributed by atoms with Crippen molar-refractivity contribution in [3.8, 4) is 0 Å². The standard InChI is InChI=1S/C77H124NO8P/c1-3-5-7-9-11-13-15-17-19-21-23-25-27-29-31-33-35-36-37-38-40-42-44-46-48-50-52-54-56-58-60-62-64-66-68-70-77(80)86-75(74-85-87(81,82)84-72-71-78)73-83-76(79)69-67-65-63-61-59-57-55-53-51-49-47-45-43-41-39-34-32-30-28-26-24-22-20-18-16-14-12-10-8-6-4-2/h5-8,11-14,17-20,23-26,29-32,35-36,38-41,44-47,75H,3-4,9-10,15-16,21-22,27-28,33-34,37,42-43,48-74,78H2,1-2H3,(H,81,82)/b7-5-,8-6-,13-11-,14-12-,19-17-,20-18-,25-23-,26-24-,31-29-,32-30-,36-35-,40-38-,41-39-,46-44-,47-45-. The van der Waals surface area contributed by atoms with E-state index >= 15 is 0 Å². The lowest BCUT2D eigenvalue weighted by molar-refractivity contribution is -0.161. The monoisotopic (exact) mass is 1220 g/mol. The minimum atomic E-state index is -4.41. The molecule has 0 saturated carbocycles. The first-order valence-electron chi connectivity index (χ1n) is 34.3. The minimum absolute atomic E-state index is 0.0426. The molecule has 2 unspecified atom stereocenters. The summed E-state index contributed by atoms with van der Waals surface area (Å²) in [6.07, 6.45) is 105. The Hall–Kier alpha value is -4.89. The maximum absolute atomic E-state index is 12.8. The van der Waals surface area contributed by atoms with Gasteiger partial charge in [-0.25, -0.2) is 4.57 Å². The molecular formula is C77H124NO8P. The highest BCUT2D eigenvalue weighted by Crippen LogP contribution is 2.43. The number of hydrogen-bond donors (Lipinski definition) is 2. The van der Waals surface area contributed by atoms with Gasteiger partial charge in [-0.3, -0.25) is 18.6 Å². The second kappa shape index (κ2) is 70.2. The lowest BCUT2D eigenvalue weighted by Crippen LogP contribution is -2.29. The molecule has 0 aromatic heterocycles. The van der Waals surface area contributed by atoms with Crippen molar-refractivity contribution >= 4 is 19.8 Å². The molecule has 0 aliphatic rings. The number of nitrogens with two attached hydrogens (primary N) is 1. The van der Waals surface area contributed by atoms with Gasteiger partial charge in [-0.15, -0.1) is 0 Å². The van der Waals surface area contributed by atoms with E-state index in [-0.39, 0.29) is 32.6 Å². The van der Waals surface area contributed by atoms with Crippen LogP contribution < -0.4 is 5.73 Å². The molecule has 0 heterocycles. The number of carbonyl (C=O) groups is 2. The van der Waals surface area contributed by atoms with Gasteiger partial charge in [0.2, 0.25) is 0 Å². The van der Waals surface area contributed by atoms with E-state index in [0.717, 1.165) is 148 Å². The summed E-state index contributed by atoms with van der Waals surface area (Å²) >= 11 is 0. The predicted octanol–water partition coefficient (Wildman–Crippen LogP) is 22.7. The maximum atomic E-state index is 12.8. The van der Waals surface area contributed by atoms with Crippen molar-refractivity contribution in [3.63, 3.8) is 0 Å². The number of carbonyl (C=O) groups excluding carboxylic acids is 2. The lowest BCUT2D eigenvalue weighted by atomic mass is 10.0. The molecule has 0 fully saturated rings. The van der Waals surface area contributed by atoms with E-state index < -0.39 is 32.5 Å². The van der Waals surface area contributed by atoms with Gasteiger partial charge in [0, 0.05) is 19.4 Å². The zero-order valence-corrected chi connectivity index (χ0v) is 55.8. The lowest BCUT2D eigenvalue weighted by Gasteiger charge is -2.19. The topological polar surface area (TPSA) is 134 Å². The molecule has 9 nitrogen and oxygen atoms in total. The average molecular weight is 1220 g/mol. The van der Waals surface area contributed by atoms with Gasteiger partial charge in [-0.1, -0.05) is 292 Å². The van der Waals surface area contributed by atoms with E-state index in [4.69, 9.17) is 24.3 Å². The zero-order valence-electron chi connectivity index (χ0n) is 54.9. The Kier molecular flexibility index (Phi) is 66.3. The molecule has 2 atom stereocenters. The SMILES string of the molecule is CC/C=C\C/C=C\C/C=C\C/C=C\C/C=C\C/C=C\C/C=C\C/C=C\CCCCCCCCCCCCC(=O)OC(COC(=O)CCCCCCCCCCC/C=C\C/C=C\C/C=C\C/C=C\C/C=C\C/C=C\C/C=C\CC)COP(=O)(O)OCCN. The zero-order chi connectivity index (χ0) is 63.0. The van der Waals surface area contributed by atoms with Gasteiger partial charge in [-0.2, -0.15) is 0 Å². The minimum Gasteiger partial charge on any atom is -0.462 e. The fourth-order valence-electron chi connectivity index (χ4n) is 8.81. The van der Waals surface area contributed by atoms with Crippen molar-refractivity contribution in [1.29, 1.82) is 0 Å². The van der Waals surface area contributed by atoms with Crippen LogP contribution >= 0.6 is 7.82 Å². The third-order valence-electron chi connectivity index (χ3n) is 13.8. The van der Waals surface area contributed by atoms with E-state index in [2.05, 4.69) is 196 Å². The summed E-state index contributed by atoms with van der Waals surface area (Å²) < 4.78 is 33.2. The normalized spacial score (nSPS) is 14.1. The van der Waals surface area contributed by atoms with Gasteiger partial charge in [0.25, 0.3) is 0 Å². The Balaban J connectivity index is 4.00. The van der Waals surface area contributed by atoms with E-state index in [1.54, 1.807) is 0 Å². The molecule has 0 aromatic carbocycles. The quantitative estimate of drug-likeness (QED) is 0.0264. The number of rotatable bonds is 62. The Labute approximate surface area is 533 Å². The Morgan fingerprint density at radius 1 is 0.345 bits per heavy atom. The second-order valence-electron chi connectivity index (χ2n) is 21.9. The van der Waals surface area contributed by atoms with Crippen LogP contribution in [0.4, 0.5) is 0 Å². The van der Waals surface area contributed by atoms with E-state index in [9.17, 15) is 19.0 Å². The van der Waals surface area contributed by atoms with Gasteiger partial charge in [-0.05, 0) is 135 Å². The van der Waals surface area contributed by atoms with Gasteiger partial charge in [0.05, 0.1) is 13.2 Å². The van der Waals surface area contributed by atoms with Crippen LogP contribution in [0.25, 0.3) is 0 Å². The summed E-state index contributed by atoms with van der Waals surface area (Å²) in [4.78, 5) is 35.4. The number of hydrogen-bond acceptors (Lipinski definition) is 8. The molecule has 0 radical (unpaired) electrons. The Morgan fingerprint density at radius 2 is 0.598 bits per heavy atom. The van der Waals surface area contributed by atoms with E-state index in [1.807, 2.05) is 0 Å². The Morgan fingerprint density at radius 3 is 0.885 bits per heavy atom. The molecule has 0 aliphatic carbocycles. The molecule has 0 bridgehead atoms. The van der Waals surface area contributed by atoms with E-state index in [0.29, 0.717) is 12.8 Å². The summed E-state index contributed by atoms with van der Waals surface area (Å²) in [5, 5.41) is 0. The predicted molar refractivity (Wildman–Crippen MR) is 376 cm³/mol. The number of unbranched alkanes of at least 4 members (excludes halogenated alkanes) is 19. The smallest absolute Gasteiger partial charge is 0.462 e. The van der Waals surface area contributed by atoms with Crippen LogP contribution in [0.3, 0.4) is 0 Å². The fourth-order valence-corrected chi connectivity index (χ4v) is 9.57. The first kappa shape index (κ1) is 82.1. The van der Waals surface area contributed by atoms with Crippen LogP contribution in [0.15, 0.2) is 182 Å². The van der Waals surface area contributed by atoms with Crippen LogP contribution in [-0.4, -0.2) is 49.3 Å². The summed E-state index contributed by atoms with van der Waals surface area (Å²) in [5.74, 6) is -0.850. The number of phosphoric ester groups is 1. The molecule has 0 saturated heterocycles. The van der Waals surface area contributed by atoms with Crippen molar-refractivity contribution in [2.45, 2.75) is 264 Å². The summed E-state index contributed by atoms with van der Waals surface area (Å²) in [7, 11) is -4.41. The molecule has 3 N–H and O–H groups in total. The van der Waals surface area contributed by atoms with Gasteiger partial charge in [0.15, 0.2) is 6.10 Å². The van der Waals surface area contributed by atoms with E-state index in [1.165, 1.54) is 70.6 Å². The highest BCUT2D eigenvalue weighted by molar-refractivity contribution is 7.47. The number of ether oxygens (including phenoxy) is 2. The maximum Gasteiger partial charge on any atom is 0.472 e. The van der Waals surface area contributed by atoms with Crippen molar-refractivity contribution in [2.24, 2.45) is 5.73 Å². The van der Waals surface area contributed by atoms with Gasteiger partial charge < -0.3 is 20.1 Å². The van der Waals surface area contributed by atoms with Gasteiger partial charge in [0.1, 0.15) is 6.61 Å². The van der Waals surface area contributed by atoms with Crippen molar-refractivity contribution in [1.82, 2.24) is 0 Å². The Bertz CT molecular complexity index is 2080. The van der Waals surface area contributed by atoms with Crippen molar-refractivity contribution in [3.05, 3.63) is 182 Å². The van der Waals surface area contributed by atoms with Crippen LogP contribution in [-0.2, 0) is 32.7 Å². The third-order valence-corrected chi connectivity index (χ3v) is 14.8. The fraction of sp³-hybridized carbons (Fsp3) is 0.584. The molecule has 0 rings (SSSR count). The van der Waals surface area contributed by atoms with Crippen molar-refractivity contribution in [2.75, 3.05) is 26.4 Å². The molecule has 490 valence electrons. The molecule has 87 heavy (non-hydrogen) atoms. The second-order valence-corrected chi connectivity index (χ2v) is 23.4. The van der Waals surface area contributed by atoms with Crippen molar-refractivity contribution < 1.29 is 37.6 Å². The summed E-state index contributed by atoms with van der Waals surface area (Å²) in [6.45, 7) is 3.49. The summed E-state index contributed by atoms with van der Waals surface area (Å²) in [5.41, 5.74) is 5.40. The van der Waals surface area contributed by atoms with Crippen LogP contribution in [0.1, 0.15) is 258 Å². The number of esters is 2. The molecule has 0 aliphatic heterocycles. The number of phosphoric acid groups is 1. The van der Waals surface area contributed by atoms with Crippen LogP contribution in [0.5, 0.6) is 0 Å². The molecule has 10 heteroatoms. The first-order chi connectivity index (χ1) is 42.8. The van der Waals surface area contributed by atoms with Gasteiger partial charge >= 0.3 is 19.8 Å². The molecule has 0 spiro atoms. The highest BCUT2D eigenvalue weighted by Gasteiger charge is 2.26. The third kappa shape index (κ3) is 70.1. The molecule has 0 aromatic rings.